The summed E-state index contributed by atoms with van der Waals surface area (Å²) in [6, 6.07) is 0. The van der Waals surface area contributed by atoms with Gasteiger partial charge in [0.25, 0.3) is 0 Å². The Morgan fingerprint density at radius 3 is 2.71 bits per heavy atom. The van der Waals surface area contributed by atoms with Crippen molar-refractivity contribution in [1.82, 2.24) is 20.3 Å². The van der Waals surface area contributed by atoms with E-state index in [-0.39, 0.29) is 0 Å². The van der Waals surface area contributed by atoms with Gasteiger partial charge in [0.15, 0.2) is 5.84 Å². The lowest BCUT2D eigenvalue weighted by molar-refractivity contribution is 0.0679. The van der Waals surface area contributed by atoms with Crippen LogP contribution < -0.4 is 0 Å². The van der Waals surface area contributed by atoms with E-state index in [0.29, 0.717) is 24.7 Å². The number of aromatic amines is 1. The molecule has 76 valence electrons. The number of ether oxygens (including phenoxy) is 1. The van der Waals surface area contributed by atoms with Crippen molar-refractivity contribution in [2.24, 2.45) is 0 Å². The molecule has 0 amide bonds. The molecule has 1 aliphatic rings. The van der Waals surface area contributed by atoms with Gasteiger partial charge < -0.3 is 9.64 Å². The Morgan fingerprint density at radius 2 is 2.14 bits per heavy atom. The fraction of sp³-hybridized carbons (Fsp3) is 0.625. The first-order valence-corrected chi connectivity index (χ1v) is 4.58. The molecular weight excluding hydrogens is 182 g/mol. The second-order valence-electron chi connectivity index (χ2n) is 3.21. The maximum Gasteiger partial charge on any atom is 0.151 e. The van der Waals surface area contributed by atoms with Gasteiger partial charge in [-0.1, -0.05) is 0 Å². The normalized spacial score (nSPS) is 17.1. The number of hydrogen-bond acceptors (Lipinski definition) is 4. The monoisotopic (exact) mass is 195 g/mol. The summed E-state index contributed by atoms with van der Waals surface area (Å²) in [7, 11) is 0. The summed E-state index contributed by atoms with van der Waals surface area (Å²) in [6.07, 6.45) is 0. The van der Waals surface area contributed by atoms with E-state index >= 15 is 0 Å². The second kappa shape index (κ2) is 3.75. The maximum absolute atomic E-state index is 7.93. The summed E-state index contributed by atoms with van der Waals surface area (Å²) >= 11 is 0. The van der Waals surface area contributed by atoms with Crippen LogP contribution in [0.3, 0.4) is 0 Å². The fourth-order valence-electron chi connectivity index (χ4n) is 1.44. The highest BCUT2D eigenvalue weighted by Crippen LogP contribution is 2.06. The number of amidine groups is 1. The number of morpholine rings is 1. The maximum atomic E-state index is 7.93. The van der Waals surface area contributed by atoms with Crippen LogP contribution >= 0.6 is 0 Å². The van der Waals surface area contributed by atoms with Crippen molar-refractivity contribution in [2.45, 2.75) is 6.92 Å². The van der Waals surface area contributed by atoms with Gasteiger partial charge in [-0.15, -0.1) is 0 Å². The number of rotatable bonds is 1. The highest BCUT2D eigenvalue weighted by molar-refractivity contribution is 5.95. The van der Waals surface area contributed by atoms with E-state index in [4.69, 9.17) is 10.1 Å². The van der Waals surface area contributed by atoms with Gasteiger partial charge in [-0.2, -0.15) is 15.4 Å². The van der Waals surface area contributed by atoms with Crippen molar-refractivity contribution in [2.75, 3.05) is 26.3 Å². The van der Waals surface area contributed by atoms with Gasteiger partial charge in [-0.25, -0.2) is 0 Å². The van der Waals surface area contributed by atoms with Gasteiger partial charge in [-0.3, -0.25) is 5.41 Å². The van der Waals surface area contributed by atoms with Gasteiger partial charge in [0.2, 0.25) is 0 Å². The zero-order valence-electron chi connectivity index (χ0n) is 8.08. The molecular formula is C8H13N5O. The first-order valence-electron chi connectivity index (χ1n) is 4.58. The van der Waals surface area contributed by atoms with Gasteiger partial charge in [0, 0.05) is 13.1 Å². The molecule has 0 atom stereocenters. The molecule has 0 bridgehead atoms. The Morgan fingerprint density at radius 1 is 1.43 bits per heavy atom. The van der Waals surface area contributed by atoms with E-state index in [2.05, 4.69) is 15.4 Å². The summed E-state index contributed by atoms with van der Waals surface area (Å²) in [5.41, 5.74) is 1.40. The molecule has 0 saturated carbocycles. The number of nitrogens with one attached hydrogen (secondary N) is 2. The molecule has 0 aliphatic carbocycles. The summed E-state index contributed by atoms with van der Waals surface area (Å²) in [5, 5.41) is 18.3. The molecule has 1 fully saturated rings. The third kappa shape index (κ3) is 1.60. The summed E-state index contributed by atoms with van der Waals surface area (Å²) < 4.78 is 5.22. The van der Waals surface area contributed by atoms with Gasteiger partial charge in [-0.05, 0) is 6.92 Å². The Balaban J connectivity index is 2.11. The van der Waals surface area contributed by atoms with Crippen molar-refractivity contribution in [1.29, 1.82) is 5.41 Å². The predicted molar refractivity (Wildman–Crippen MR) is 50.3 cm³/mol. The summed E-state index contributed by atoms with van der Waals surface area (Å²) in [6.45, 7) is 4.71. The summed E-state index contributed by atoms with van der Waals surface area (Å²) in [5.74, 6) is 0.430. The third-order valence-electron chi connectivity index (χ3n) is 2.27. The average Bonchev–Trinajstić information content (AvgIpc) is 2.65. The Labute approximate surface area is 81.8 Å². The van der Waals surface area contributed by atoms with E-state index < -0.39 is 0 Å². The molecule has 0 unspecified atom stereocenters. The standard InChI is InChI=1S/C8H13N5O/c1-6-7(11-12-10-6)8(9)13-2-4-14-5-3-13/h9H,2-5H2,1H3,(H,10,11,12). The van der Waals surface area contributed by atoms with Crippen LogP contribution in [0.1, 0.15) is 11.4 Å². The molecule has 0 radical (unpaired) electrons. The van der Waals surface area contributed by atoms with Crippen LogP contribution in [0, 0.1) is 12.3 Å². The predicted octanol–water partition coefficient (Wildman–Crippen LogP) is -0.229. The fourth-order valence-corrected chi connectivity index (χ4v) is 1.44. The van der Waals surface area contributed by atoms with Crippen LogP contribution in [0.4, 0.5) is 0 Å². The van der Waals surface area contributed by atoms with Gasteiger partial charge >= 0.3 is 0 Å². The van der Waals surface area contributed by atoms with Crippen LogP contribution in [-0.4, -0.2) is 52.4 Å². The summed E-state index contributed by atoms with van der Waals surface area (Å²) in [4.78, 5) is 1.95. The van der Waals surface area contributed by atoms with Gasteiger partial charge in [0.1, 0.15) is 5.69 Å². The van der Waals surface area contributed by atoms with Crippen molar-refractivity contribution in [3.63, 3.8) is 0 Å². The van der Waals surface area contributed by atoms with Crippen LogP contribution in [0.25, 0.3) is 0 Å². The second-order valence-corrected chi connectivity index (χ2v) is 3.21. The average molecular weight is 195 g/mol. The molecule has 1 saturated heterocycles. The minimum atomic E-state index is 0.430. The molecule has 6 nitrogen and oxygen atoms in total. The lowest BCUT2D eigenvalue weighted by Crippen LogP contribution is -2.41. The molecule has 1 aromatic rings. The van der Waals surface area contributed by atoms with E-state index in [0.717, 1.165) is 18.8 Å². The van der Waals surface area contributed by atoms with Crippen LogP contribution in [0.5, 0.6) is 0 Å². The molecule has 2 heterocycles. The highest BCUT2D eigenvalue weighted by Gasteiger charge is 2.18. The minimum Gasteiger partial charge on any atom is -0.378 e. The smallest absolute Gasteiger partial charge is 0.151 e. The minimum absolute atomic E-state index is 0.430. The van der Waals surface area contributed by atoms with Crippen molar-refractivity contribution >= 4 is 5.84 Å². The highest BCUT2D eigenvalue weighted by atomic mass is 16.5. The van der Waals surface area contributed by atoms with Gasteiger partial charge in [0.05, 0.1) is 18.9 Å². The van der Waals surface area contributed by atoms with Crippen LogP contribution in [0.2, 0.25) is 0 Å². The zero-order valence-corrected chi connectivity index (χ0v) is 8.08. The van der Waals surface area contributed by atoms with Crippen LogP contribution in [0.15, 0.2) is 0 Å². The molecule has 6 heteroatoms. The number of hydrogen-bond donors (Lipinski definition) is 2. The van der Waals surface area contributed by atoms with E-state index in [1.807, 2.05) is 11.8 Å². The largest absolute Gasteiger partial charge is 0.378 e. The van der Waals surface area contributed by atoms with Crippen molar-refractivity contribution < 1.29 is 4.74 Å². The van der Waals surface area contributed by atoms with E-state index in [9.17, 15) is 0 Å². The van der Waals surface area contributed by atoms with E-state index in [1.54, 1.807) is 0 Å². The van der Waals surface area contributed by atoms with Crippen molar-refractivity contribution in [3.05, 3.63) is 11.4 Å². The number of aryl methyl sites for hydroxylation is 1. The Kier molecular flexibility index (Phi) is 2.45. The lowest BCUT2D eigenvalue weighted by Gasteiger charge is -2.28. The Bertz CT molecular complexity index is 328. The first kappa shape index (κ1) is 9.14. The third-order valence-corrected chi connectivity index (χ3v) is 2.27. The molecule has 0 aromatic carbocycles. The molecule has 14 heavy (non-hydrogen) atoms. The topological polar surface area (TPSA) is 77.9 Å². The quantitative estimate of drug-likeness (QED) is 0.479. The number of aromatic nitrogens is 3. The van der Waals surface area contributed by atoms with Crippen LogP contribution in [-0.2, 0) is 4.74 Å². The molecule has 1 aliphatic heterocycles. The first-order chi connectivity index (χ1) is 6.79. The lowest BCUT2D eigenvalue weighted by atomic mass is 10.3. The molecule has 2 rings (SSSR count). The zero-order chi connectivity index (χ0) is 9.97. The molecule has 1 aromatic heterocycles. The van der Waals surface area contributed by atoms with E-state index in [1.165, 1.54) is 0 Å². The number of H-pyrrole nitrogens is 1. The SMILES string of the molecule is Cc1n[nH]nc1C(=N)N1CCOCC1. The molecule has 0 spiro atoms. The van der Waals surface area contributed by atoms with Crippen molar-refractivity contribution in [3.8, 4) is 0 Å². The molecule has 2 N–H and O–H groups in total. The Hall–Kier alpha value is -1.43. The number of nitrogens with zero attached hydrogens (tertiary/aromatic N) is 3.